The first-order valence-electron chi connectivity index (χ1n) is 9.91. The molecular weight excluding hydrogens is 382 g/mol. The lowest BCUT2D eigenvalue weighted by atomic mass is 10.2. The molecular formula is C20H21N9O. The first kappa shape index (κ1) is 18.2. The van der Waals surface area contributed by atoms with E-state index < -0.39 is 0 Å². The standard InChI is InChI=1S/C20H21N9O/c30-19(15-28-12-1-7-22-28)27-11-2-10-26(13-14-27)18-4-3-17-23-24-20(29(17)25-18)16-5-8-21-9-6-16/h1,3-9,12H,2,10-11,13-15H2. The lowest BCUT2D eigenvalue weighted by molar-refractivity contribution is -0.131. The molecule has 4 aromatic rings. The molecule has 0 unspecified atom stereocenters. The van der Waals surface area contributed by atoms with Crippen LogP contribution in [0.5, 0.6) is 0 Å². The van der Waals surface area contributed by atoms with Crippen molar-refractivity contribution in [2.24, 2.45) is 0 Å². The van der Waals surface area contributed by atoms with E-state index in [0.717, 1.165) is 37.4 Å². The molecule has 1 aliphatic heterocycles. The zero-order valence-electron chi connectivity index (χ0n) is 16.4. The van der Waals surface area contributed by atoms with Gasteiger partial charge in [0, 0.05) is 56.5 Å². The Hall–Kier alpha value is -3.82. The van der Waals surface area contributed by atoms with Gasteiger partial charge in [-0.15, -0.1) is 15.3 Å². The summed E-state index contributed by atoms with van der Waals surface area (Å²) in [6.07, 6.45) is 7.82. The monoisotopic (exact) mass is 403 g/mol. The van der Waals surface area contributed by atoms with E-state index in [-0.39, 0.29) is 12.5 Å². The number of hydrogen-bond acceptors (Lipinski definition) is 7. The van der Waals surface area contributed by atoms with Gasteiger partial charge in [-0.05, 0) is 36.8 Å². The fourth-order valence-electron chi connectivity index (χ4n) is 3.66. The third-order valence-electron chi connectivity index (χ3n) is 5.22. The van der Waals surface area contributed by atoms with Crippen LogP contribution in [0.2, 0.25) is 0 Å². The lowest BCUT2D eigenvalue weighted by Gasteiger charge is -2.22. The quantitative estimate of drug-likeness (QED) is 0.504. The van der Waals surface area contributed by atoms with Crippen LogP contribution in [0.3, 0.4) is 0 Å². The Balaban J connectivity index is 1.34. The van der Waals surface area contributed by atoms with Gasteiger partial charge in [-0.3, -0.25) is 14.5 Å². The van der Waals surface area contributed by atoms with Crippen LogP contribution in [0.1, 0.15) is 6.42 Å². The van der Waals surface area contributed by atoms with Gasteiger partial charge in [-0.25, -0.2) is 0 Å². The van der Waals surface area contributed by atoms with E-state index in [2.05, 4.69) is 25.2 Å². The molecule has 1 fully saturated rings. The minimum absolute atomic E-state index is 0.0859. The summed E-state index contributed by atoms with van der Waals surface area (Å²) < 4.78 is 3.42. The second-order valence-electron chi connectivity index (χ2n) is 7.15. The molecule has 0 N–H and O–H groups in total. The average molecular weight is 403 g/mol. The van der Waals surface area contributed by atoms with Gasteiger partial charge in [0.15, 0.2) is 11.5 Å². The second kappa shape index (κ2) is 7.90. The van der Waals surface area contributed by atoms with Crippen LogP contribution in [0.25, 0.3) is 17.0 Å². The molecule has 1 saturated heterocycles. The van der Waals surface area contributed by atoms with Crippen LogP contribution in [-0.4, -0.2) is 71.6 Å². The Morgan fingerprint density at radius 1 is 0.967 bits per heavy atom. The van der Waals surface area contributed by atoms with E-state index in [1.54, 1.807) is 34.0 Å². The van der Waals surface area contributed by atoms with E-state index in [4.69, 9.17) is 5.10 Å². The number of nitrogens with zero attached hydrogens (tertiary/aromatic N) is 9. The molecule has 152 valence electrons. The minimum Gasteiger partial charge on any atom is -0.353 e. The molecule has 4 aromatic heterocycles. The summed E-state index contributed by atoms with van der Waals surface area (Å²) in [6, 6.07) is 9.48. The SMILES string of the molecule is O=C(Cn1cccn1)N1CCCN(c2ccc3nnc(-c4ccncc4)n3n2)CC1. The molecule has 0 aliphatic carbocycles. The van der Waals surface area contributed by atoms with Gasteiger partial charge >= 0.3 is 0 Å². The highest BCUT2D eigenvalue weighted by Crippen LogP contribution is 2.20. The second-order valence-corrected chi connectivity index (χ2v) is 7.15. The van der Waals surface area contributed by atoms with Crippen LogP contribution < -0.4 is 4.90 Å². The van der Waals surface area contributed by atoms with Crippen molar-refractivity contribution in [3.05, 3.63) is 55.1 Å². The van der Waals surface area contributed by atoms with E-state index in [1.165, 1.54) is 0 Å². The fraction of sp³-hybridized carbons (Fsp3) is 0.300. The van der Waals surface area contributed by atoms with Crippen LogP contribution in [-0.2, 0) is 11.3 Å². The van der Waals surface area contributed by atoms with Crippen molar-refractivity contribution in [3.8, 4) is 11.4 Å². The first-order chi connectivity index (χ1) is 14.8. The van der Waals surface area contributed by atoms with Gasteiger partial charge in [-0.2, -0.15) is 9.61 Å². The number of pyridine rings is 1. The summed E-state index contributed by atoms with van der Waals surface area (Å²) in [5.74, 6) is 1.61. The van der Waals surface area contributed by atoms with E-state index in [9.17, 15) is 4.79 Å². The molecule has 0 saturated carbocycles. The molecule has 1 aliphatic rings. The van der Waals surface area contributed by atoms with Crippen molar-refractivity contribution in [2.75, 3.05) is 31.1 Å². The summed E-state index contributed by atoms with van der Waals surface area (Å²) in [4.78, 5) is 20.8. The van der Waals surface area contributed by atoms with Crippen molar-refractivity contribution in [2.45, 2.75) is 13.0 Å². The van der Waals surface area contributed by atoms with Gasteiger partial charge in [0.25, 0.3) is 0 Å². The molecule has 5 heterocycles. The van der Waals surface area contributed by atoms with Gasteiger partial charge in [-0.1, -0.05) is 0 Å². The number of fused-ring (bicyclic) bond motifs is 1. The molecule has 1 amide bonds. The summed E-state index contributed by atoms with van der Waals surface area (Å²) in [5, 5.41) is 17.4. The largest absolute Gasteiger partial charge is 0.353 e. The molecule has 10 heteroatoms. The number of aromatic nitrogens is 7. The highest BCUT2D eigenvalue weighted by atomic mass is 16.2. The topological polar surface area (TPSA) is 97.3 Å². The number of carbonyl (C=O) groups is 1. The molecule has 0 atom stereocenters. The number of rotatable bonds is 4. The van der Waals surface area contributed by atoms with Crippen molar-refractivity contribution in [3.63, 3.8) is 0 Å². The zero-order valence-corrected chi connectivity index (χ0v) is 16.4. The number of anilines is 1. The predicted molar refractivity (Wildman–Crippen MR) is 110 cm³/mol. The highest BCUT2D eigenvalue weighted by molar-refractivity contribution is 5.76. The third kappa shape index (κ3) is 3.59. The van der Waals surface area contributed by atoms with Gasteiger partial charge < -0.3 is 9.80 Å². The third-order valence-corrected chi connectivity index (χ3v) is 5.22. The lowest BCUT2D eigenvalue weighted by Crippen LogP contribution is -2.37. The van der Waals surface area contributed by atoms with Crippen molar-refractivity contribution in [1.29, 1.82) is 0 Å². The molecule has 0 aromatic carbocycles. The highest BCUT2D eigenvalue weighted by Gasteiger charge is 2.21. The van der Waals surface area contributed by atoms with Crippen LogP contribution in [0.15, 0.2) is 55.1 Å². The van der Waals surface area contributed by atoms with E-state index >= 15 is 0 Å². The summed E-state index contributed by atoms with van der Waals surface area (Å²) in [6.45, 7) is 3.20. The Bertz CT molecular complexity index is 1140. The molecule has 0 spiro atoms. The average Bonchev–Trinajstić information content (AvgIpc) is 3.37. The van der Waals surface area contributed by atoms with Gasteiger partial charge in [0.1, 0.15) is 12.4 Å². The molecule has 10 nitrogen and oxygen atoms in total. The number of carbonyl (C=O) groups excluding carboxylic acids is 1. The van der Waals surface area contributed by atoms with Crippen LogP contribution in [0.4, 0.5) is 5.82 Å². The molecule has 30 heavy (non-hydrogen) atoms. The molecule has 0 radical (unpaired) electrons. The Morgan fingerprint density at radius 2 is 1.87 bits per heavy atom. The number of amides is 1. The van der Waals surface area contributed by atoms with Crippen LogP contribution >= 0.6 is 0 Å². The maximum atomic E-state index is 12.6. The van der Waals surface area contributed by atoms with E-state index in [0.29, 0.717) is 18.0 Å². The Kier molecular flexibility index (Phi) is 4.80. The fourth-order valence-corrected chi connectivity index (χ4v) is 3.66. The smallest absolute Gasteiger partial charge is 0.244 e. The van der Waals surface area contributed by atoms with Crippen molar-refractivity contribution in [1.82, 2.24) is 39.5 Å². The van der Waals surface area contributed by atoms with Gasteiger partial charge in [0.05, 0.1) is 0 Å². The Morgan fingerprint density at radius 3 is 2.70 bits per heavy atom. The maximum absolute atomic E-state index is 12.6. The Labute approximate surface area is 172 Å². The maximum Gasteiger partial charge on any atom is 0.244 e. The van der Waals surface area contributed by atoms with Gasteiger partial charge in [0.2, 0.25) is 5.91 Å². The summed E-state index contributed by atoms with van der Waals surface area (Å²) >= 11 is 0. The molecule has 5 rings (SSSR count). The van der Waals surface area contributed by atoms with Crippen molar-refractivity contribution < 1.29 is 4.79 Å². The van der Waals surface area contributed by atoms with Crippen molar-refractivity contribution >= 4 is 17.4 Å². The number of hydrogen-bond donors (Lipinski definition) is 0. The normalized spacial score (nSPS) is 14.8. The predicted octanol–water partition coefficient (Wildman–Crippen LogP) is 1.12. The minimum atomic E-state index is 0.0859. The first-order valence-corrected chi connectivity index (χ1v) is 9.91. The summed E-state index contributed by atoms with van der Waals surface area (Å²) in [5.41, 5.74) is 1.60. The van der Waals surface area contributed by atoms with E-state index in [1.807, 2.05) is 35.2 Å². The van der Waals surface area contributed by atoms with Crippen LogP contribution in [0, 0.1) is 0 Å². The molecule has 0 bridgehead atoms. The zero-order chi connectivity index (χ0) is 20.3. The summed E-state index contributed by atoms with van der Waals surface area (Å²) in [7, 11) is 0.